The Morgan fingerprint density at radius 2 is 2.14 bits per heavy atom. The van der Waals surface area contributed by atoms with Crippen LogP contribution < -0.4 is 15.8 Å². The molecule has 1 aromatic carbocycles. The fraction of sp³-hybridized carbons (Fsp3) is 0.429. The predicted molar refractivity (Wildman–Crippen MR) is 75.0 cm³/mol. The summed E-state index contributed by atoms with van der Waals surface area (Å²) in [7, 11) is 1.35. The molecule has 7 heteroatoms. The van der Waals surface area contributed by atoms with Crippen molar-refractivity contribution in [2.45, 2.75) is 31.2 Å². The summed E-state index contributed by atoms with van der Waals surface area (Å²) in [4.78, 5) is 12.3. The summed E-state index contributed by atoms with van der Waals surface area (Å²) in [6.45, 7) is 0. The summed E-state index contributed by atoms with van der Waals surface area (Å²) in [5, 5.41) is 14.7. The van der Waals surface area contributed by atoms with Gasteiger partial charge in [0.2, 0.25) is 0 Å². The minimum Gasteiger partial charge on any atom is -0.494 e. The number of nitrogens with zero attached hydrogens (tertiary/aromatic N) is 1. The maximum absolute atomic E-state index is 13.7. The van der Waals surface area contributed by atoms with Crippen LogP contribution in [0.25, 0.3) is 0 Å². The second-order valence-corrected chi connectivity index (χ2v) is 5.08. The number of nitrogens with one attached hydrogen (secondary N) is 1. The first-order chi connectivity index (χ1) is 10.0. The van der Waals surface area contributed by atoms with Gasteiger partial charge >= 0.3 is 0 Å². The van der Waals surface area contributed by atoms with Gasteiger partial charge in [-0.05, 0) is 31.0 Å². The number of benzene rings is 1. The van der Waals surface area contributed by atoms with E-state index in [-0.39, 0.29) is 17.1 Å². The van der Waals surface area contributed by atoms with E-state index in [2.05, 4.69) is 10.5 Å². The lowest BCUT2D eigenvalue weighted by Gasteiger charge is -2.28. The standard InChI is InChI=1S/C14H18FN3O3/c1-21-11-5-4-9(8-10(11)15)12(19)17-14(13(16)18-20)6-2-3-7-14/h4-5,8,20H,2-3,6-7H2,1H3,(H2,16,18)(H,17,19). The number of methoxy groups -OCH3 is 1. The highest BCUT2D eigenvalue weighted by Gasteiger charge is 2.40. The fourth-order valence-corrected chi connectivity index (χ4v) is 2.62. The molecule has 1 aliphatic carbocycles. The fourth-order valence-electron chi connectivity index (χ4n) is 2.62. The van der Waals surface area contributed by atoms with Gasteiger partial charge in [-0.25, -0.2) is 4.39 Å². The number of hydrogen-bond acceptors (Lipinski definition) is 4. The molecule has 1 aromatic rings. The van der Waals surface area contributed by atoms with Gasteiger partial charge in [-0.1, -0.05) is 18.0 Å². The van der Waals surface area contributed by atoms with E-state index >= 15 is 0 Å². The zero-order valence-electron chi connectivity index (χ0n) is 11.7. The van der Waals surface area contributed by atoms with E-state index in [1.165, 1.54) is 19.2 Å². The maximum Gasteiger partial charge on any atom is 0.252 e. The quantitative estimate of drug-likeness (QED) is 0.340. The molecular formula is C14H18FN3O3. The van der Waals surface area contributed by atoms with E-state index in [1.807, 2.05) is 0 Å². The third kappa shape index (κ3) is 2.91. The average molecular weight is 295 g/mol. The van der Waals surface area contributed by atoms with Crippen LogP contribution in [0, 0.1) is 5.82 Å². The summed E-state index contributed by atoms with van der Waals surface area (Å²) in [6.07, 6.45) is 2.92. The number of rotatable bonds is 4. The molecule has 0 saturated heterocycles. The van der Waals surface area contributed by atoms with Gasteiger partial charge in [0.25, 0.3) is 5.91 Å². The molecule has 21 heavy (non-hydrogen) atoms. The molecule has 1 amide bonds. The zero-order valence-corrected chi connectivity index (χ0v) is 11.7. The molecule has 1 saturated carbocycles. The molecule has 1 aliphatic rings. The third-order valence-corrected chi connectivity index (χ3v) is 3.82. The van der Waals surface area contributed by atoms with Crippen molar-refractivity contribution in [3.05, 3.63) is 29.6 Å². The van der Waals surface area contributed by atoms with Crippen LogP contribution >= 0.6 is 0 Å². The van der Waals surface area contributed by atoms with Gasteiger partial charge in [-0.3, -0.25) is 4.79 Å². The highest BCUT2D eigenvalue weighted by atomic mass is 19.1. The van der Waals surface area contributed by atoms with Crippen LogP contribution in [0.1, 0.15) is 36.0 Å². The maximum atomic E-state index is 13.7. The molecule has 0 radical (unpaired) electrons. The molecule has 6 nitrogen and oxygen atoms in total. The SMILES string of the molecule is COc1ccc(C(=O)NC2(C(N)=NO)CCCC2)cc1F. The first-order valence-corrected chi connectivity index (χ1v) is 6.66. The van der Waals surface area contributed by atoms with E-state index < -0.39 is 17.3 Å². The lowest BCUT2D eigenvalue weighted by Crippen LogP contribution is -2.55. The molecule has 4 N–H and O–H groups in total. The van der Waals surface area contributed by atoms with E-state index in [9.17, 15) is 9.18 Å². The van der Waals surface area contributed by atoms with Crippen molar-refractivity contribution in [3.63, 3.8) is 0 Å². The molecule has 114 valence electrons. The van der Waals surface area contributed by atoms with Crippen LogP contribution in [-0.4, -0.2) is 29.6 Å². The minimum absolute atomic E-state index is 0.0256. The van der Waals surface area contributed by atoms with Gasteiger partial charge in [-0.2, -0.15) is 0 Å². The zero-order chi connectivity index (χ0) is 15.5. The molecule has 0 unspecified atom stereocenters. The molecule has 0 spiro atoms. The predicted octanol–water partition coefficient (Wildman–Crippen LogP) is 1.62. The highest BCUT2D eigenvalue weighted by molar-refractivity contribution is 6.00. The average Bonchev–Trinajstić information content (AvgIpc) is 2.95. The van der Waals surface area contributed by atoms with Crippen molar-refractivity contribution < 1.29 is 19.1 Å². The number of ether oxygens (including phenoxy) is 1. The van der Waals surface area contributed by atoms with Crippen molar-refractivity contribution in [1.82, 2.24) is 5.32 Å². The molecule has 0 aliphatic heterocycles. The monoisotopic (exact) mass is 295 g/mol. The number of amides is 1. The second kappa shape index (κ2) is 5.99. The summed E-state index contributed by atoms with van der Waals surface area (Å²) >= 11 is 0. The van der Waals surface area contributed by atoms with Crippen molar-refractivity contribution in [2.24, 2.45) is 10.9 Å². The van der Waals surface area contributed by atoms with Gasteiger partial charge in [0.15, 0.2) is 17.4 Å². The second-order valence-electron chi connectivity index (χ2n) is 5.08. The number of nitrogens with two attached hydrogens (primary N) is 1. The normalized spacial score (nSPS) is 17.5. The lowest BCUT2D eigenvalue weighted by molar-refractivity contribution is 0.0922. The number of halogens is 1. The van der Waals surface area contributed by atoms with Crippen molar-refractivity contribution in [1.29, 1.82) is 0 Å². The van der Waals surface area contributed by atoms with Crippen LogP contribution in [0.4, 0.5) is 4.39 Å². The molecule has 1 fully saturated rings. The molecule has 0 heterocycles. The molecule has 2 rings (SSSR count). The lowest BCUT2D eigenvalue weighted by atomic mass is 9.95. The van der Waals surface area contributed by atoms with Gasteiger partial charge in [0.05, 0.1) is 7.11 Å². The van der Waals surface area contributed by atoms with E-state index in [4.69, 9.17) is 15.7 Å². The topological polar surface area (TPSA) is 96.9 Å². The van der Waals surface area contributed by atoms with E-state index in [0.717, 1.165) is 18.9 Å². The number of amidine groups is 1. The van der Waals surface area contributed by atoms with Gasteiger partial charge in [-0.15, -0.1) is 0 Å². The van der Waals surface area contributed by atoms with Gasteiger partial charge in [0.1, 0.15) is 5.54 Å². The molecule has 0 atom stereocenters. The van der Waals surface area contributed by atoms with E-state index in [1.54, 1.807) is 0 Å². The van der Waals surface area contributed by atoms with E-state index in [0.29, 0.717) is 12.8 Å². The number of carbonyl (C=O) groups is 1. The van der Waals surface area contributed by atoms with Crippen molar-refractivity contribution in [2.75, 3.05) is 7.11 Å². The Bertz CT molecular complexity index is 569. The van der Waals surface area contributed by atoms with Crippen LogP contribution in [0.5, 0.6) is 5.75 Å². The Morgan fingerprint density at radius 3 is 2.67 bits per heavy atom. The number of oxime groups is 1. The summed E-state index contributed by atoms with van der Waals surface area (Å²) < 4.78 is 18.5. The molecular weight excluding hydrogens is 277 g/mol. The highest BCUT2D eigenvalue weighted by Crippen LogP contribution is 2.30. The Labute approximate surface area is 121 Å². The summed E-state index contributed by atoms with van der Waals surface area (Å²) in [5.41, 5.74) is 5.01. The largest absolute Gasteiger partial charge is 0.494 e. The Morgan fingerprint density at radius 1 is 1.48 bits per heavy atom. The van der Waals surface area contributed by atoms with Gasteiger partial charge in [0, 0.05) is 5.56 Å². The van der Waals surface area contributed by atoms with Crippen LogP contribution in [0.15, 0.2) is 23.4 Å². The molecule has 0 aromatic heterocycles. The smallest absolute Gasteiger partial charge is 0.252 e. The van der Waals surface area contributed by atoms with Gasteiger partial charge < -0.3 is 21.0 Å². The van der Waals surface area contributed by atoms with Crippen molar-refractivity contribution in [3.8, 4) is 5.75 Å². The van der Waals surface area contributed by atoms with Crippen LogP contribution in [-0.2, 0) is 0 Å². The summed E-state index contributed by atoms with van der Waals surface area (Å²) in [5.74, 6) is -1.04. The first kappa shape index (κ1) is 15.1. The number of hydrogen-bond donors (Lipinski definition) is 3. The summed E-state index contributed by atoms with van der Waals surface area (Å²) in [6, 6.07) is 3.95. The number of carbonyl (C=O) groups excluding carboxylic acids is 1. The van der Waals surface area contributed by atoms with Crippen molar-refractivity contribution >= 4 is 11.7 Å². The van der Waals surface area contributed by atoms with Crippen LogP contribution in [0.3, 0.4) is 0 Å². The first-order valence-electron chi connectivity index (χ1n) is 6.66. The third-order valence-electron chi connectivity index (χ3n) is 3.82. The minimum atomic E-state index is -0.859. The Hall–Kier alpha value is -2.31. The van der Waals surface area contributed by atoms with Crippen LogP contribution in [0.2, 0.25) is 0 Å². The molecule has 0 bridgehead atoms. The Kier molecular flexibility index (Phi) is 4.30. The Balaban J connectivity index is 2.22.